The van der Waals surface area contributed by atoms with Gasteiger partial charge in [0.1, 0.15) is 6.54 Å². The Labute approximate surface area is 159 Å². The molecule has 0 aliphatic heterocycles. The molecule has 0 aliphatic carbocycles. The van der Waals surface area contributed by atoms with Crippen LogP contribution >= 0.6 is 0 Å². The standard InChI is InChI=1S/C18H21F3N6O/c1-10-6-14(18(19,20)21)16-11(2)24-27(17(16)23-10)9-15(28)25(4)8-13-7-22-26(5)12(13)3/h6-7H,8-9H2,1-5H3. The van der Waals surface area contributed by atoms with E-state index in [2.05, 4.69) is 15.2 Å². The predicted molar refractivity (Wildman–Crippen MR) is 96.4 cm³/mol. The fourth-order valence-corrected chi connectivity index (χ4v) is 3.10. The zero-order valence-electron chi connectivity index (χ0n) is 16.3. The fourth-order valence-electron chi connectivity index (χ4n) is 3.10. The van der Waals surface area contributed by atoms with Crippen molar-refractivity contribution in [2.24, 2.45) is 7.05 Å². The summed E-state index contributed by atoms with van der Waals surface area (Å²) in [6, 6.07) is 1.00. The van der Waals surface area contributed by atoms with Gasteiger partial charge in [-0.05, 0) is 26.8 Å². The van der Waals surface area contributed by atoms with E-state index in [-0.39, 0.29) is 34.9 Å². The zero-order chi connectivity index (χ0) is 20.8. The number of nitrogens with zero attached hydrogens (tertiary/aromatic N) is 6. The molecule has 28 heavy (non-hydrogen) atoms. The van der Waals surface area contributed by atoms with E-state index in [1.807, 2.05) is 14.0 Å². The molecule has 0 aromatic carbocycles. The number of likely N-dealkylation sites (N-methyl/N-ethyl adjacent to an activating group) is 1. The summed E-state index contributed by atoms with van der Waals surface area (Å²) in [5, 5.41) is 8.22. The summed E-state index contributed by atoms with van der Waals surface area (Å²) in [6.07, 6.45) is -2.84. The van der Waals surface area contributed by atoms with Crippen molar-refractivity contribution in [1.29, 1.82) is 0 Å². The highest BCUT2D eigenvalue weighted by Gasteiger charge is 2.35. The molecular formula is C18H21F3N6O. The quantitative estimate of drug-likeness (QED) is 0.682. The topological polar surface area (TPSA) is 68.8 Å². The van der Waals surface area contributed by atoms with Gasteiger partial charge >= 0.3 is 6.18 Å². The number of hydrogen-bond acceptors (Lipinski definition) is 4. The van der Waals surface area contributed by atoms with Crippen LogP contribution in [0.25, 0.3) is 11.0 Å². The third-order valence-corrected chi connectivity index (χ3v) is 4.77. The Morgan fingerprint density at radius 3 is 2.50 bits per heavy atom. The van der Waals surface area contributed by atoms with Gasteiger partial charge in [0.25, 0.3) is 0 Å². The Morgan fingerprint density at radius 2 is 1.93 bits per heavy atom. The van der Waals surface area contributed by atoms with E-state index in [0.717, 1.165) is 17.3 Å². The summed E-state index contributed by atoms with van der Waals surface area (Å²) in [4.78, 5) is 18.3. The lowest BCUT2D eigenvalue weighted by atomic mass is 10.1. The number of amides is 1. The maximum Gasteiger partial charge on any atom is 0.417 e. The third kappa shape index (κ3) is 3.58. The van der Waals surface area contributed by atoms with Crippen molar-refractivity contribution in [2.45, 2.75) is 40.0 Å². The van der Waals surface area contributed by atoms with Crippen molar-refractivity contribution in [1.82, 2.24) is 29.4 Å². The van der Waals surface area contributed by atoms with Crippen molar-refractivity contribution >= 4 is 16.9 Å². The lowest BCUT2D eigenvalue weighted by Gasteiger charge is -2.17. The number of fused-ring (bicyclic) bond motifs is 1. The van der Waals surface area contributed by atoms with E-state index < -0.39 is 11.7 Å². The number of pyridine rings is 1. The lowest BCUT2D eigenvalue weighted by Crippen LogP contribution is -2.30. The minimum absolute atomic E-state index is 0.0594. The van der Waals surface area contributed by atoms with Gasteiger partial charge < -0.3 is 4.90 Å². The van der Waals surface area contributed by atoms with Gasteiger partial charge in [-0.15, -0.1) is 0 Å². The molecule has 150 valence electrons. The monoisotopic (exact) mass is 394 g/mol. The number of aryl methyl sites for hydroxylation is 3. The van der Waals surface area contributed by atoms with E-state index in [1.165, 1.54) is 23.4 Å². The summed E-state index contributed by atoms with van der Waals surface area (Å²) in [7, 11) is 3.44. The average Bonchev–Trinajstić information content (AvgIpc) is 3.07. The second-order valence-electron chi connectivity index (χ2n) is 6.88. The van der Waals surface area contributed by atoms with E-state index in [9.17, 15) is 18.0 Å². The molecule has 3 rings (SSSR count). The predicted octanol–water partition coefficient (Wildman–Crippen LogP) is 2.77. The molecule has 0 bridgehead atoms. The van der Waals surface area contributed by atoms with Crippen molar-refractivity contribution < 1.29 is 18.0 Å². The molecule has 0 atom stereocenters. The van der Waals surface area contributed by atoms with E-state index >= 15 is 0 Å². The minimum atomic E-state index is -4.52. The van der Waals surface area contributed by atoms with Crippen LogP contribution in [0.5, 0.6) is 0 Å². The van der Waals surface area contributed by atoms with Crippen molar-refractivity contribution in [3.8, 4) is 0 Å². The van der Waals surface area contributed by atoms with Crippen LogP contribution in [-0.4, -0.2) is 42.4 Å². The number of hydrogen-bond donors (Lipinski definition) is 0. The van der Waals surface area contributed by atoms with Gasteiger partial charge in [0.05, 0.1) is 22.8 Å². The molecule has 0 aliphatic rings. The van der Waals surface area contributed by atoms with E-state index in [4.69, 9.17) is 0 Å². The second-order valence-corrected chi connectivity index (χ2v) is 6.88. The molecule has 7 nitrogen and oxygen atoms in total. The molecule has 1 amide bonds. The van der Waals surface area contributed by atoms with Crippen molar-refractivity contribution in [3.63, 3.8) is 0 Å². The summed E-state index contributed by atoms with van der Waals surface area (Å²) in [5.74, 6) is -0.287. The second kappa shape index (κ2) is 6.92. The minimum Gasteiger partial charge on any atom is -0.340 e. The van der Waals surface area contributed by atoms with Gasteiger partial charge in [-0.1, -0.05) is 0 Å². The Balaban J connectivity index is 1.91. The first-order valence-corrected chi connectivity index (χ1v) is 8.62. The Kier molecular flexibility index (Phi) is 4.90. The van der Waals surface area contributed by atoms with Gasteiger partial charge in [-0.3, -0.25) is 9.48 Å². The largest absolute Gasteiger partial charge is 0.417 e. The molecule has 0 fully saturated rings. The Hall–Kier alpha value is -2.91. The van der Waals surface area contributed by atoms with Gasteiger partial charge in [0.2, 0.25) is 5.91 Å². The maximum absolute atomic E-state index is 13.4. The molecule has 3 heterocycles. The number of rotatable bonds is 4. The summed E-state index contributed by atoms with van der Waals surface area (Å²) < 4.78 is 43.2. The molecule has 10 heteroatoms. The first-order chi connectivity index (χ1) is 13.0. The highest BCUT2D eigenvalue weighted by atomic mass is 19.4. The summed E-state index contributed by atoms with van der Waals surface area (Å²) in [5.41, 5.74) is 1.51. The van der Waals surface area contributed by atoms with Gasteiger partial charge in [0, 0.05) is 37.6 Å². The first kappa shape index (κ1) is 19.8. The molecule has 0 unspecified atom stereocenters. The number of aromatic nitrogens is 5. The van der Waals surface area contributed by atoms with E-state index in [0.29, 0.717) is 6.54 Å². The van der Waals surface area contributed by atoms with Crippen LogP contribution in [0, 0.1) is 20.8 Å². The van der Waals surface area contributed by atoms with Crippen LogP contribution in [-0.2, 0) is 31.1 Å². The molecule has 3 aromatic heterocycles. The van der Waals surface area contributed by atoms with Crippen LogP contribution in [0.3, 0.4) is 0 Å². The van der Waals surface area contributed by atoms with Crippen LogP contribution in [0.2, 0.25) is 0 Å². The smallest absolute Gasteiger partial charge is 0.340 e. The molecule has 3 aromatic rings. The molecule has 0 radical (unpaired) electrons. The average molecular weight is 394 g/mol. The van der Waals surface area contributed by atoms with Crippen molar-refractivity contribution in [3.05, 3.63) is 40.5 Å². The number of carbonyl (C=O) groups is 1. The normalized spacial score (nSPS) is 12.0. The summed E-state index contributed by atoms with van der Waals surface area (Å²) in [6.45, 7) is 5.01. The summed E-state index contributed by atoms with van der Waals surface area (Å²) >= 11 is 0. The maximum atomic E-state index is 13.4. The van der Waals surface area contributed by atoms with Crippen LogP contribution in [0.15, 0.2) is 12.3 Å². The first-order valence-electron chi connectivity index (χ1n) is 8.62. The molecular weight excluding hydrogens is 373 g/mol. The van der Waals surface area contributed by atoms with Gasteiger partial charge in [0.15, 0.2) is 5.65 Å². The molecule has 0 N–H and O–H groups in total. The molecule has 0 saturated carbocycles. The van der Waals surface area contributed by atoms with Gasteiger partial charge in [-0.2, -0.15) is 23.4 Å². The van der Waals surface area contributed by atoms with Crippen LogP contribution < -0.4 is 0 Å². The Bertz CT molecular complexity index is 1050. The fraction of sp³-hybridized carbons (Fsp3) is 0.444. The number of carbonyl (C=O) groups excluding carboxylic acids is 1. The van der Waals surface area contributed by atoms with Gasteiger partial charge in [-0.25, -0.2) is 9.67 Å². The highest BCUT2D eigenvalue weighted by molar-refractivity contribution is 5.85. The molecule has 0 spiro atoms. The van der Waals surface area contributed by atoms with Crippen LogP contribution in [0.1, 0.15) is 28.2 Å². The Morgan fingerprint density at radius 1 is 1.25 bits per heavy atom. The number of halogens is 3. The molecule has 0 saturated heterocycles. The lowest BCUT2D eigenvalue weighted by molar-refractivity contribution is -0.136. The third-order valence-electron chi connectivity index (χ3n) is 4.77. The van der Waals surface area contributed by atoms with Crippen LogP contribution in [0.4, 0.5) is 13.2 Å². The SMILES string of the molecule is Cc1cc(C(F)(F)F)c2c(C)nn(CC(=O)N(C)Cc3cnn(C)c3C)c2n1. The van der Waals surface area contributed by atoms with Crippen molar-refractivity contribution in [2.75, 3.05) is 7.05 Å². The number of alkyl halides is 3. The highest BCUT2D eigenvalue weighted by Crippen LogP contribution is 2.36. The van der Waals surface area contributed by atoms with E-state index in [1.54, 1.807) is 17.9 Å². The zero-order valence-corrected chi connectivity index (χ0v) is 16.3.